The van der Waals surface area contributed by atoms with Gasteiger partial charge in [0.1, 0.15) is 0 Å². The zero-order chi connectivity index (χ0) is 9.90. The molecule has 0 aromatic heterocycles. The summed E-state index contributed by atoms with van der Waals surface area (Å²) in [5.74, 6) is 0. The molecular weight excluding hydrogens is 160 g/mol. The summed E-state index contributed by atoms with van der Waals surface area (Å²) in [5.41, 5.74) is 1.99. The Kier molecular flexibility index (Phi) is 3.10. The van der Waals surface area contributed by atoms with Gasteiger partial charge in [-0.25, -0.2) is 0 Å². The molecule has 0 saturated carbocycles. The van der Waals surface area contributed by atoms with Crippen LogP contribution in [0.4, 0.5) is 0 Å². The van der Waals surface area contributed by atoms with Gasteiger partial charge in [0.2, 0.25) is 0 Å². The molecule has 1 aromatic carbocycles. The summed E-state index contributed by atoms with van der Waals surface area (Å²) < 4.78 is 0. The maximum atomic E-state index is 9.69. The Balaban J connectivity index is 2.87. The van der Waals surface area contributed by atoms with Crippen molar-refractivity contribution in [2.45, 2.75) is 39.2 Å². The van der Waals surface area contributed by atoms with Crippen LogP contribution in [0.25, 0.3) is 0 Å². The van der Waals surface area contributed by atoms with E-state index < -0.39 is 5.60 Å². The fourth-order valence-electron chi connectivity index (χ4n) is 1.54. The molecule has 1 heteroatoms. The standard InChI is InChI=1S/C12H18O/c1-4-10-7-5-6-8-11(10)9-12(2,3)13/h5-8,13H,4,9H2,1-3H3. The number of hydrogen-bond donors (Lipinski definition) is 1. The molecule has 0 unspecified atom stereocenters. The van der Waals surface area contributed by atoms with Gasteiger partial charge in [0.15, 0.2) is 0 Å². The van der Waals surface area contributed by atoms with Gasteiger partial charge < -0.3 is 5.11 Å². The van der Waals surface area contributed by atoms with Crippen LogP contribution >= 0.6 is 0 Å². The minimum absolute atomic E-state index is 0.606. The first kappa shape index (κ1) is 10.3. The monoisotopic (exact) mass is 178 g/mol. The first-order chi connectivity index (χ1) is 6.03. The molecule has 0 amide bonds. The topological polar surface area (TPSA) is 20.2 Å². The van der Waals surface area contributed by atoms with Crippen LogP contribution in [0.3, 0.4) is 0 Å². The van der Waals surface area contributed by atoms with E-state index in [2.05, 4.69) is 19.1 Å². The quantitative estimate of drug-likeness (QED) is 0.754. The third kappa shape index (κ3) is 3.19. The number of benzene rings is 1. The molecule has 1 nitrogen and oxygen atoms in total. The van der Waals surface area contributed by atoms with Gasteiger partial charge in [0.25, 0.3) is 0 Å². The van der Waals surface area contributed by atoms with Gasteiger partial charge in [-0.15, -0.1) is 0 Å². The lowest BCUT2D eigenvalue weighted by molar-refractivity contribution is 0.0808. The summed E-state index contributed by atoms with van der Waals surface area (Å²) >= 11 is 0. The zero-order valence-corrected chi connectivity index (χ0v) is 8.67. The largest absolute Gasteiger partial charge is 0.390 e. The van der Waals surface area contributed by atoms with Crippen LogP contribution in [0.1, 0.15) is 31.9 Å². The molecule has 0 bridgehead atoms. The molecular formula is C12H18O. The van der Waals surface area contributed by atoms with E-state index in [1.54, 1.807) is 0 Å². The van der Waals surface area contributed by atoms with Crippen molar-refractivity contribution < 1.29 is 5.11 Å². The second kappa shape index (κ2) is 3.93. The number of rotatable bonds is 3. The average Bonchev–Trinajstić information content (AvgIpc) is 2.02. The summed E-state index contributed by atoms with van der Waals surface area (Å²) in [5, 5.41) is 9.69. The molecule has 0 fully saturated rings. The van der Waals surface area contributed by atoms with Crippen LogP contribution in [0, 0.1) is 0 Å². The van der Waals surface area contributed by atoms with E-state index in [0.717, 1.165) is 12.8 Å². The van der Waals surface area contributed by atoms with Crippen LogP contribution < -0.4 is 0 Å². The zero-order valence-electron chi connectivity index (χ0n) is 8.67. The smallest absolute Gasteiger partial charge is 0.0632 e. The van der Waals surface area contributed by atoms with E-state index >= 15 is 0 Å². The van der Waals surface area contributed by atoms with E-state index in [1.165, 1.54) is 11.1 Å². The highest BCUT2D eigenvalue weighted by atomic mass is 16.3. The van der Waals surface area contributed by atoms with Crippen LogP contribution in [0.5, 0.6) is 0 Å². The molecule has 13 heavy (non-hydrogen) atoms. The Labute approximate surface area is 80.4 Å². The number of aliphatic hydroxyl groups is 1. The van der Waals surface area contributed by atoms with Crippen LogP contribution in [-0.2, 0) is 12.8 Å². The Morgan fingerprint density at radius 3 is 2.15 bits per heavy atom. The van der Waals surface area contributed by atoms with E-state index in [0.29, 0.717) is 0 Å². The minimum Gasteiger partial charge on any atom is -0.390 e. The van der Waals surface area contributed by atoms with E-state index in [1.807, 2.05) is 26.0 Å². The predicted molar refractivity (Wildman–Crippen MR) is 55.8 cm³/mol. The molecule has 0 atom stereocenters. The first-order valence-corrected chi connectivity index (χ1v) is 4.82. The van der Waals surface area contributed by atoms with Gasteiger partial charge in [0, 0.05) is 6.42 Å². The summed E-state index contributed by atoms with van der Waals surface area (Å²) in [6.07, 6.45) is 1.77. The van der Waals surface area contributed by atoms with E-state index in [9.17, 15) is 5.11 Å². The van der Waals surface area contributed by atoms with Gasteiger partial charge in [-0.3, -0.25) is 0 Å². The molecule has 1 N–H and O–H groups in total. The lowest BCUT2D eigenvalue weighted by Gasteiger charge is -2.18. The van der Waals surface area contributed by atoms with Gasteiger partial charge in [-0.2, -0.15) is 0 Å². The van der Waals surface area contributed by atoms with Crippen molar-refractivity contribution in [3.05, 3.63) is 35.4 Å². The van der Waals surface area contributed by atoms with Crippen LogP contribution in [-0.4, -0.2) is 10.7 Å². The van der Waals surface area contributed by atoms with Crippen LogP contribution in [0.2, 0.25) is 0 Å². The fourth-order valence-corrected chi connectivity index (χ4v) is 1.54. The number of aryl methyl sites for hydroxylation is 1. The van der Waals surface area contributed by atoms with E-state index in [4.69, 9.17) is 0 Å². The van der Waals surface area contributed by atoms with Crippen LogP contribution in [0.15, 0.2) is 24.3 Å². The molecule has 0 aliphatic carbocycles. The van der Waals surface area contributed by atoms with Gasteiger partial charge in [0.05, 0.1) is 5.60 Å². The molecule has 0 radical (unpaired) electrons. The van der Waals surface area contributed by atoms with Crippen molar-refractivity contribution in [2.24, 2.45) is 0 Å². The van der Waals surface area contributed by atoms with Gasteiger partial charge in [-0.05, 0) is 31.4 Å². The predicted octanol–water partition coefficient (Wildman–Crippen LogP) is 2.56. The lowest BCUT2D eigenvalue weighted by atomic mass is 9.94. The van der Waals surface area contributed by atoms with Crippen molar-refractivity contribution in [1.82, 2.24) is 0 Å². The van der Waals surface area contributed by atoms with E-state index in [-0.39, 0.29) is 0 Å². The highest BCUT2D eigenvalue weighted by Crippen LogP contribution is 2.16. The van der Waals surface area contributed by atoms with Crippen molar-refractivity contribution in [2.75, 3.05) is 0 Å². The highest BCUT2D eigenvalue weighted by Gasteiger charge is 2.14. The normalized spacial score (nSPS) is 11.7. The number of hydrogen-bond acceptors (Lipinski definition) is 1. The van der Waals surface area contributed by atoms with Crippen molar-refractivity contribution in [3.63, 3.8) is 0 Å². The fraction of sp³-hybridized carbons (Fsp3) is 0.500. The lowest BCUT2D eigenvalue weighted by Crippen LogP contribution is -2.22. The molecule has 0 aliphatic heterocycles. The molecule has 0 aliphatic rings. The molecule has 0 heterocycles. The average molecular weight is 178 g/mol. The Morgan fingerprint density at radius 1 is 1.15 bits per heavy atom. The van der Waals surface area contributed by atoms with Crippen molar-refractivity contribution in [3.8, 4) is 0 Å². The molecule has 1 rings (SSSR count). The highest BCUT2D eigenvalue weighted by molar-refractivity contribution is 5.28. The minimum atomic E-state index is -0.606. The van der Waals surface area contributed by atoms with Crippen molar-refractivity contribution >= 4 is 0 Å². The summed E-state index contributed by atoms with van der Waals surface area (Å²) in [7, 11) is 0. The second-order valence-electron chi connectivity index (χ2n) is 4.11. The van der Waals surface area contributed by atoms with Gasteiger partial charge >= 0.3 is 0 Å². The molecule has 72 valence electrons. The Hall–Kier alpha value is -0.820. The summed E-state index contributed by atoms with van der Waals surface area (Å²) in [4.78, 5) is 0. The van der Waals surface area contributed by atoms with Gasteiger partial charge in [-0.1, -0.05) is 31.2 Å². The second-order valence-corrected chi connectivity index (χ2v) is 4.11. The maximum Gasteiger partial charge on any atom is 0.0632 e. The third-order valence-corrected chi connectivity index (χ3v) is 2.12. The third-order valence-electron chi connectivity index (χ3n) is 2.12. The van der Waals surface area contributed by atoms with Crippen molar-refractivity contribution in [1.29, 1.82) is 0 Å². The molecule has 1 aromatic rings. The Morgan fingerprint density at radius 2 is 1.69 bits per heavy atom. The summed E-state index contributed by atoms with van der Waals surface area (Å²) in [6.45, 7) is 5.84. The summed E-state index contributed by atoms with van der Waals surface area (Å²) in [6, 6.07) is 8.30. The first-order valence-electron chi connectivity index (χ1n) is 4.82. The maximum absolute atomic E-state index is 9.69. The molecule has 0 saturated heterocycles. The molecule has 0 spiro atoms. The SMILES string of the molecule is CCc1ccccc1CC(C)(C)O. The Bertz CT molecular complexity index is 271.